The van der Waals surface area contributed by atoms with Gasteiger partial charge in [-0.3, -0.25) is 4.79 Å². The summed E-state index contributed by atoms with van der Waals surface area (Å²) in [7, 11) is 0. The van der Waals surface area contributed by atoms with Crippen molar-refractivity contribution in [2.75, 3.05) is 19.8 Å². The average molecular weight is 330 g/mol. The first-order valence-corrected chi connectivity index (χ1v) is 7.55. The zero-order valence-electron chi connectivity index (χ0n) is 13.0. The number of amides is 1. The monoisotopic (exact) mass is 330 g/mol. The van der Waals surface area contributed by atoms with Crippen molar-refractivity contribution in [1.29, 1.82) is 5.26 Å². The van der Waals surface area contributed by atoms with E-state index in [9.17, 15) is 14.9 Å². The van der Waals surface area contributed by atoms with Gasteiger partial charge in [0.1, 0.15) is 17.4 Å². The SMILES string of the molecule is N#C/C(=C\c1ccccc1OCC(=O)O)C(=O)NC[C@H]1CCCO1. The van der Waals surface area contributed by atoms with E-state index in [1.165, 1.54) is 6.08 Å². The summed E-state index contributed by atoms with van der Waals surface area (Å²) in [5, 5.41) is 20.6. The quantitative estimate of drug-likeness (QED) is 0.577. The number of para-hydroxylation sites is 1. The van der Waals surface area contributed by atoms with Gasteiger partial charge in [0, 0.05) is 18.7 Å². The lowest BCUT2D eigenvalue weighted by Crippen LogP contribution is -2.32. The number of hydrogen-bond donors (Lipinski definition) is 2. The Morgan fingerprint density at radius 1 is 1.46 bits per heavy atom. The van der Waals surface area contributed by atoms with E-state index in [-0.39, 0.29) is 11.7 Å². The summed E-state index contributed by atoms with van der Waals surface area (Å²) >= 11 is 0. The molecule has 0 saturated carbocycles. The van der Waals surface area contributed by atoms with Crippen molar-refractivity contribution < 1.29 is 24.2 Å². The third kappa shape index (κ3) is 5.11. The predicted molar refractivity (Wildman–Crippen MR) is 85.1 cm³/mol. The second-order valence-electron chi connectivity index (χ2n) is 5.24. The maximum Gasteiger partial charge on any atom is 0.341 e. The molecule has 24 heavy (non-hydrogen) atoms. The van der Waals surface area contributed by atoms with Gasteiger partial charge < -0.3 is 19.9 Å². The maximum atomic E-state index is 12.1. The molecule has 1 amide bonds. The minimum Gasteiger partial charge on any atom is -0.481 e. The van der Waals surface area contributed by atoms with Crippen LogP contribution in [0.5, 0.6) is 5.75 Å². The first kappa shape index (κ1) is 17.5. The Morgan fingerprint density at radius 2 is 2.25 bits per heavy atom. The van der Waals surface area contributed by atoms with Crippen LogP contribution in [0.3, 0.4) is 0 Å². The van der Waals surface area contributed by atoms with Crippen molar-refractivity contribution in [2.24, 2.45) is 0 Å². The van der Waals surface area contributed by atoms with Crippen LogP contribution in [-0.2, 0) is 14.3 Å². The Morgan fingerprint density at radius 3 is 2.92 bits per heavy atom. The molecule has 0 bridgehead atoms. The van der Waals surface area contributed by atoms with E-state index in [4.69, 9.17) is 14.6 Å². The highest BCUT2D eigenvalue weighted by Crippen LogP contribution is 2.21. The molecule has 1 fully saturated rings. The number of carbonyl (C=O) groups excluding carboxylic acids is 1. The third-order valence-electron chi connectivity index (χ3n) is 3.45. The predicted octanol–water partition coefficient (Wildman–Crippen LogP) is 1.35. The van der Waals surface area contributed by atoms with Crippen LogP contribution in [0.1, 0.15) is 18.4 Å². The third-order valence-corrected chi connectivity index (χ3v) is 3.45. The number of benzene rings is 1. The molecule has 2 rings (SSSR count). The molecule has 7 heteroatoms. The number of nitriles is 1. The normalized spacial score (nSPS) is 17.1. The molecule has 1 aliphatic heterocycles. The highest BCUT2D eigenvalue weighted by Gasteiger charge is 2.18. The summed E-state index contributed by atoms with van der Waals surface area (Å²) in [6.45, 7) is 0.544. The van der Waals surface area contributed by atoms with Gasteiger partial charge in [-0.15, -0.1) is 0 Å². The number of carboxylic acids is 1. The molecule has 1 aromatic rings. The van der Waals surface area contributed by atoms with Crippen molar-refractivity contribution in [3.8, 4) is 11.8 Å². The Balaban J connectivity index is 2.07. The molecule has 1 atom stereocenters. The van der Waals surface area contributed by atoms with Gasteiger partial charge in [-0.05, 0) is 25.0 Å². The molecule has 2 N–H and O–H groups in total. The van der Waals surface area contributed by atoms with Crippen molar-refractivity contribution in [3.05, 3.63) is 35.4 Å². The number of ether oxygens (including phenoxy) is 2. The zero-order valence-corrected chi connectivity index (χ0v) is 13.0. The summed E-state index contributed by atoms with van der Waals surface area (Å²) in [5.74, 6) is -1.32. The fourth-order valence-corrected chi connectivity index (χ4v) is 2.28. The first-order chi connectivity index (χ1) is 11.6. The van der Waals surface area contributed by atoms with Crippen LogP contribution < -0.4 is 10.1 Å². The van der Waals surface area contributed by atoms with E-state index in [1.54, 1.807) is 24.3 Å². The molecule has 126 valence electrons. The molecule has 0 unspecified atom stereocenters. The van der Waals surface area contributed by atoms with Gasteiger partial charge in [-0.2, -0.15) is 5.26 Å². The van der Waals surface area contributed by atoms with E-state index < -0.39 is 18.5 Å². The minimum absolute atomic E-state index is 0.0138. The van der Waals surface area contributed by atoms with Crippen molar-refractivity contribution in [3.63, 3.8) is 0 Å². The lowest BCUT2D eigenvalue weighted by atomic mass is 10.1. The second-order valence-corrected chi connectivity index (χ2v) is 5.24. The largest absolute Gasteiger partial charge is 0.481 e. The molecule has 1 aromatic carbocycles. The Kier molecular flexibility index (Phi) is 6.34. The fourth-order valence-electron chi connectivity index (χ4n) is 2.28. The van der Waals surface area contributed by atoms with E-state index >= 15 is 0 Å². The Hall–Kier alpha value is -2.85. The maximum absolute atomic E-state index is 12.1. The summed E-state index contributed by atoms with van der Waals surface area (Å²) in [6.07, 6.45) is 3.22. The molecule has 1 aliphatic rings. The highest BCUT2D eigenvalue weighted by atomic mass is 16.5. The van der Waals surface area contributed by atoms with E-state index in [2.05, 4.69) is 5.32 Å². The van der Waals surface area contributed by atoms with Gasteiger partial charge in [0.15, 0.2) is 6.61 Å². The number of nitrogens with one attached hydrogen (secondary N) is 1. The minimum atomic E-state index is -1.11. The fraction of sp³-hybridized carbons (Fsp3) is 0.353. The van der Waals surface area contributed by atoms with E-state index in [1.807, 2.05) is 6.07 Å². The molecule has 0 radical (unpaired) electrons. The number of carboxylic acid groups (broad SMARTS) is 1. The van der Waals surface area contributed by atoms with Crippen LogP contribution in [0, 0.1) is 11.3 Å². The summed E-state index contributed by atoms with van der Waals surface area (Å²) in [4.78, 5) is 22.7. The summed E-state index contributed by atoms with van der Waals surface area (Å²) < 4.78 is 10.6. The molecule has 0 aliphatic carbocycles. The topological polar surface area (TPSA) is 109 Å². The van der Waals surface area contributed by atoms with Crippen LogP contribution in [0.2, 0.25) is 0 Å². The van der Waals surface area contributed by atoms with Crippen molar-refractivity contribution in [1.82, 2.24) is 5.32 Å². The van der Waals surface area contributed by atoms with E-state index in [0.717, 1.165) is 12.8 Å². The van der Waals surface area contributed by atoms with Crippen LogP contribution in [0.4, 0.5) is 0 Å². The smallest absolute Gasteiger partial charge is 0.341 e. The lowest BCUT2D eigenvalue weighted by Gasteiger charge is -2.11. The average Bonchev–Trinajstić information content (AvgIpc) is 3.10. The molecular formula is C17H18N2O5. The standard InChI is InChI=1S/C17H18N2O5/c18-9-13(17(22)19-10-14-5-3-7-23-14)8-12-4-1-2-6-15(12)24-11-16(20)21/h1-2,4,6,8,14H,3,5,7,10-11H2,(H,19,22)(H,20,21)/b13-8+/t14-/m1/s1. The van der Waals surface area contributed by atoms with E-state index in [0.29, 0.717) is 24.5 Å². The van der Waals surface area contributed by atoms with Crippen LogP contribution in [-0.4, -0.2) is 42.8 Å². The number of rotatable bonds is 7. The van der Waals surface area contributed by atoms with Gasteiger partial charge in [0.05, 0.1) is 6.10 Å². The van der Waals surface area contributed by atoms with Gasteiger partial charge in [0.25, 0.3) is 5.91 Å². The number of hydrogen-bond acceptors (Lipinski definition) is 5. The van der Waals surface area contributed by atoms with Crippen molar-refractivity contribution in [2.45, 2.75) is 18.9 Å². The van der Waals surface area contributed by atoms with Gasteiger partial charge in [-0.25, -0.2) is 4.79 Å². The molecular weight excluding hydrogens is 312 g/mol. The number of nitrogens with zero attached hydrogens (tertiary/aromatic N) is 1. The zero-order chi connectivity index (χ0) is 17.4. The van der Waals surface area contributed by atoms with Crippen LogP contribution in [0.25, 0.3) is 6.08 Å². The van der Waals surface area contributed by atoms with Gasteiger partial charge in [0.2, 0.25) is 0 Å². The molecule has 0 aromatic heterocycles. The molecule has 1 heterocycles. The molecule has 1 saturated heterocycles. The van der Waals surface area contributed by atoms with Gasteiger partial charge in [-0.1, -0.05) is 18.2 Å². The van der Waals surface area contributed by atoms with Gasteiger partial charge >= 0.3 is 5.97 Å². The van der Waals surface area contributed by atoms with Crippen LogP contribution in [0.15, 0.2) is 29.8 Å². The molecule has 0 spiro atoms. The lowest BCUT2D eigenvalue weighted by molar-refractivity contribution is -0.139. The molecule has 7 nitrogen and oxygen atoms in total. The van der Waals surface area contributed by atoms with Crippen molar-refractivity contribution >= 4 is 18.0 Å². The summed E-state index contributed by atoms with van der Waals surface area (Å²) in [5.41, 5.74) is 0.377. The Bertz CT molecular complexity index is 672. The number of carbonyl (C=O) groups is 2. The summed E-state index contributed by atoms with van der Waals surface area (Å²) in [6, 6.07) is 8.46. The highest BCUT2D eigenvalue weighted by molar-refractivity contribution is 6.02. The Labute approximate surface area is 139 Å². The van der Waals surface area contributed by atoms with Crippen LogP contribution >= 0.6 is 0 Å². The first-order valence-electron chi connectivity index (χ1n) is 7.55. The number of aliphatic carboxylic acids is 1. The second kappa shape index (κ2) is 8.70.